The minimum atomic E-state index is -3.71. The SMILES string of the molecule is CS(=O)(=O)NCCNS(=O)(=O)c1ccc(N)cc1Br. The molecule has 0 aromatic heterocycles. The van der Waals surface area contributed by atoms with E-state index in [1.807, 2.05) is 0 Å². The third-order valence-corrected chi connectivity index (χ3v) is 5.19. The lowest BCUT2D eigenvalue weighted by atomic mass is 10.3. The second kappa shape index (κ2) is 6.18. The molecular weight excluding hydrogens is 358 g/mol. The number of anilines is 1. The van der Waals surface area contributed by atoms with Gasteiger partial charge in [0.05, 0.1) is 11.2 Å². The Kier molecular flexibility index (Phi) is 5.33. The zero-order valence-electron chi connectivity index (χ0n) is 10.1. The Hall–Kier alpha value is -0.680. The highest BCUT2D eigenvalue weighted by molar-refractivity contribution is 9.10. The quantitative estimate of drug-likeness (QED) is 0.474. The topological polar surface area (TPSA) is 118 Å². The van der Waals surface area contributed by atoms with Crippen molar-refractivity contribution in [1.82, 2.24) is 9.44 Å². The minimum absolute atomic E-state index is 0.0232. The highest BCUT2D eigenvalue weighted by atomic mass is 79.9. The van der Waals surface area contributed by atoms with E-state index in [1.54, 1.807) is 0 Å². The molecule has 0 saturated carbocycles. The molecule has 19 heavy (non-hydrogen) atoms. The number of nitrogens with one attached hydrogen (secondary N) is 2. The van der Waals surface area contributed by atoms with E-state index in [1.165, 1.54) is 18.2 Å². The molecule has 108 valence electrons. The summed E-state index contributed by atoms with van der Waals surface area (Å²) in [6, 6.07) is 4.31. The first kappa shape index (κ1) is 16.4. The van der Waals surface area contributed by atoms with Gasteiger partial charge in [0, 0.05) is 23.2 Å². The Labute approximate surface area is 120 Å². The van der Waals surface area contributed by atoms with Crippen LogP contribution in [0.2, 0.25) is 0 Å². The van der Waals surface area contributed by atoms with E-state index in [2.05, 4.69) is 25.4 Å². The molecular formula is C9H14BrN3O4S2. The van der Waals surface area contributed by atoms with Crippen molar-refractivity contribution >= 4 is 41.7 Å². The predicted octanol–water partition coefficient (Wildman–Crippen LogP) is -0.141. The first-order valence-corrected chi connectivity index (χ1v) is 9.28. The van der Waals surface area contributed by atoms with Crippen LogP contribution >= 0.6 is 15.9 Å². The Morgan fingerprint density at radius 1 is 1.16 bits per heavy atom. The van der Waals surface area contributed by atoms with Gasteiger partial charge in [-0.2, -0.15) is 0 Å². The second-order valence-electron chi connectivity index (χ2n) is 3.75. The van der Waals surface area contributed by atoms with Crippen molar-refractivity contribution in [3.63, 3.8) is 0 Å². The van der Waals surface area contributed by atoms with E-state index in [-0.39, 0.29) is 18.0 Å². The van der Waals surface area contributed by atoms with Crippen LogP contribution in [0, 0.1) is 0 Å². The normalized spacial score (nSPS) is 12.5. The molecule has 0 aliphatic heterocycles. The van der Waals surface area contributed by atoms with Crippen LogP contribution in [-0.2, 0) is 20.0 Å². The summed E-state index contributed by atoms with van der Waals surface area (Å²) in [5.74, 6) is 0. The maximum absolute atomic E-state index is 11.9. The lowest BCUT2D eigenvalue weighted by molar-refractivity contribution is 0.573. The number of sulfonamides is 2. The highest BCUT2D eigenvalue weighted by Gasteiger charge is 2.17. The molecule has 0 unspecified atom stereocenters. The van der Waals surface area contributed by atoms with E-state index >= 15 is 0 Å². The van der Waals surface area contributed by atoms with Gasteiger partial charge in [0.1, 0.15) is 0 Å². The molecule has 0 saturated heterocycles. The van der Waals surface area contributed by atoms with Crippen LogP contribution in [0.5, 0.6) is 0 Å². The van der Waals surface area contributed by atoms with Gasteiger partial charge < -0.3 is 5.73 Å². The number of rotatable bonds is 6. The fourth-order valence-electron chi connectivity index (χ4n) is 1.23. The van der Waals surface area contributed by atoms with Crippen LogP contribution < -0.4 is 15.2 Å². The van der Waals surface area contributed by atoms with Crippen molar-refractivity contribution < 1.29 is 16.8 Å². The van der Waals surface area contributed by atoms with Crippen LogP contribution in [0.15, 0.2) is 27.6 Å². The van der Waals surface area contributed by atoms with Crippen LogP contribution in [0.1, 0.15) is 0 Å². The third-order valence-electron chi connectivity index (χ3n) is 2.03. The molecule has 10 heteroatoms. The minimum Gasteiger partial charge on any atom is -0.399 e. The predicted molar refractivity (Wildman–Crippen MR) is 76.6 cm³/mol. The van der Waals surface area contributed by atoms with Gasteiger partial charge in [-0.1, -0.05) is 0 Å². The second-order valence-corrected chi connectivity index (χ2v) is 8.18. The van der Waals surface area contributed by atoms with Gasteiger partial charge in [-0.25, -0.2) is 26.3 Å². The summed E-state index contributed by atoms with van der Waals surface area (Å²) in [7, 11) is -7.04. The van der Waals surface area contributed by atoms with Crippen molar-refractivity contribution in [1.29, 1.82) is 0 Å². The molecule has 0 heterocycles. The number of benzene rings is 1. The largest absolute Gasteiger partial charge is 0.399 e. The standard InChI is InChI=1S/C9H14BrN3O4S2/c1-18(14,15)12-4-5-13-19(16,17)9-3-2-7(11)6-8(9)10/h2-3,6,12-13H,4-5,11H2,1H3. The molecule has 7 nitrogen and oxygen atoms in total. The summed E-state index contributed by atoms with van der Waals surface area (Å²) in [6.45, 7) is -0.0725. The molecule has 1 aromatic carbocycles. The Morgan fingerprint density at radius 3 is 2.26 bits per heavy atom. The fourth-order valence-corrected chi connectivity index (χ4v) is 3.83. The van der Waals surface area contributed by atoms with E-state index in [0.29, 0.717) is 10.2 Å². The Bertz CT molecular complexity index is 658. The molecule has 4 N–H and O–H groups in total. The number of halogens is 1. The van der Waals surface area contributed by atoms with Crippen molar-refractivity contribution in [3.05, 3.63) is 22.7 Å². The monoisotopic (exact) mass is 371 g/mol. The van der Waals surface area contributed by atoms with E-state index in [0.717, 1.165) is 6.26 Å². The highest BCUT2D eigenvalue weighted by Crippen LogP contribution is 2.23. The fraction of sp³-hybridized carbons (Fsp3) is 0.333. The molecule has 0 spiro atoms. The molecule has 0 fully saturated rings. The smallest absolute Gasteiger partial charge is 0.241 e. The average Bonchev–Trinajstić information content (AvgIpc) is 2.22. The molecule has 0 bridgehead atoms. The zero-order valence-corrected chi connectivity index (χ0v) is 13.3. The molecule has 0 atom stereocenters. The van der Waals surface area contributed by atoms with Crippen LogP contribution in [0.3, 0.4) is 0 Å². The van der Waals surface area contributed by atoms with E-state index in [4.69, 9.17) is 5.73 Å². The van der Waals surface area contributed by atoms with Gasteiger partial charge in [-0.15, -0.1) is 0 Å². The first-order chi connectivity index (χ1) is 8.62. The molecule has 1 rings (SSSR count). The van der Waals surface area contributed by atoms with Crippen LogP contribution in [0.25, 0.3) is 0 Å². The molecule has 0 aliphatic carbocycles. The molecule has 0 amide bonds. The molecule has 0 aliphatic rings. The number of nitrogens with two attached hydrogens (primary N) is 1. The summed E-state index contributed by atoms with van der Waals surface area (Å²) in [5, 5.41) is 0. The van der Waals surface area contributed by atoms with Crippen molar-refractivity contribution in [3.8, 4) is 0 Å². The van der Waals surface area contributed by atoms with Gasteiger partial charge in [-0.3, -0.25) is 0 Å². The third kappa shape index (κ3) is 5.45. The maximum Gasteiger partial charge on any atom is 0.241 e. The van der Waals surface area contributed by atoms with Gasteiger partial charge >= 0.3 is 0 Å². The van der Waals surface area contributed by atoms with Crippen molar-refractivity contribution in [2.45, 2.75) is 4.90 Å². The summed E-state index contributed by atoms with van der Waals surface area (Å²) in [4.78, 5) is 0.0426. The van der Waals surface area contributed by atoms with Crippen LogP contribution in [-0.4, -0.2) is 36.2 Å². The average molecular weight is 372 g/mol. The van der Waals surface area contributed by atoms with Gasteiger partial charge in [0.25, 0.3) is 0 Å². The summed E-state index contributed by atoms with van der Waals surface area (Å²) < 4.78 is 50.3. The maximum atomic E-state index is 11.9. The van der Waals surface area contributed by atoms with E-state index < -0.39 is 20.0 Å². The van der Waals surface area contributed by atoms with E-state index in [9.17, 15) is 16.8 Å². The molecule has 0 radical (unpaired) electrons. The van der Waals surface area contributed by atoms with Crippen molar-refractivity contribution in [2.24, 2.45) is 0 Å². The summed E-state index contributed by atoms with van der Waals surface area (Å²) in [5.41, 5.74) is 5.95. The van der Waals surface area contributed by atoms with Crippen molar-refractivity contribution in [2.75, 3.05) is 25.1 Å². The van der Waals surface area contributed by atoms with Gasteiger partial charge in [0.2, 0.25) is 20.0 Å². The number of hydrogen-bond donors (Lipinski definition) is 3. The molecule has 1 aromatic rings. The Balaban J connectivity index is 2.71. The summed E-state index contributed by atoms with van der Waals surface area (Å²) in [6.07, 6.45) is 0.998. The van der Waals surface area contributed by atoms with Gasteiger partial charge in [-0.05, 0) is 34.1 Å². The lowest BCUT2D eigenvalue weighted by Crippen LogP contribution is -2.34. The summed E-state index contributed by atoms with van der Waals surface area (Å²) >= 11 is 3.11. The lowest BCUT2D eigenvalue weighted by Gasteiger charge is -2.09. The Morgan fingerprint density at radius 2 is 1.74 bits per heavy atom. The first-order valence-electron chi connectivity index (χ1n) is 5.11. The number of nitrogen functional groups attached to an aromatic ring is 1. The van der Waals surface area contributed by atoms with Crippen LogP contribution in [0.4, 0.5) is 5.69 Å². The number of hydrogen-bond acceptors (Lipinski definition) is 5. The zero-order chi connectivity index (χ0) is 14.7. The van der Waals surface area contributed by atoms with Gasteiger partial charge in [0.15, 0.2) is 0 Å².